The quantitative estimate of drug-likeness (QED) is 0.840. The molecule has 4 nitrogen and oxygen atoms in total. The van der Waals surface area contributed by atoms with E-state index in [0.29, 0.717) is 6.54 Å². The average molecular weight is 248 g/mol. The Labute approximate surface area is 105 Å². The van der Waals surface area contributed by atoms with Crippen molar-refractivity contribution in [2.45, 2.75) is 18.9 Å². The maximum absolute atomic E-state index is 5.94. The summed E-state index contributed by atoms with van der Waals surface area (Å²) in [5.41, 5.74) is 12.6. The largest absolute Gasteiger partial charge is 0.330 e. The van der Waals surface area contributed by atoms with Crippen LogP contribution in [0.2, 0.25) is 0 Å². The molecule has 1 unspecified atom stereocenters. The van der Waals surface area contributed by atoms with E-state index in [2.05, 4.69) is 21.5 Å². The van der Waals surface area contributed by atoms with Crippen LogP contribution in [0.5, 0.6) is 0 Å². The van der Waals surface area contributed by atoms with Crippen molar-refractivity contribution < 1.29 is 0 Å². The second-order valence-corrected chi connectivity index (χ2v) is 4.68. The molecule has 17 heavy (non-hydrogen) atoms. The molecule has 1 atom stereocenters. The molecule has 0 amide bonds. The number of benzene rings is 1. The summed E-state index contributed by atoms with van der Waals surface area (Å²) in [6, 6.07) is 10.1. The minimum Gasteiger partial charge on any atom is -0.330 e. The fourth-order valence-electron chi connectivity index (χ4n) is 1.57. The van der Waals surface area contributed by atoms with Crippen LogP contribution in [-0.2, 0) is 6.42 Å². The highest BCUT2D eigenvalue weighted by Gasteiger charge is 2.11. The molecule has 1 heterocycles. The molecule has 0 aliphatic rings. The molecular weight excluding hydrogens is 232 g/mol. The summed E-state index contributed by atoms with van der Waals surface area (Å²) in [7, 11) is 0. The summed E-state index contributed by atoms with van der Waals surface area (Å²) in [5.74, 6) is 0.837. The Bertz CT molecular complexity index is 455. The van der Waals surface area contributed by atoms with E-state index in [1.165, 1.54) is 17.1 Å². The monoisotopic (exact) mass is 248 g/mol. The van der Waals surface area contributed by atoms with Crippen LogP contribution in [0.25, 0.3) is 0 Å². The maximum atomic E-state index is 5.94. The topological polar surface area (TPSA) is 77.8 Å². The Hall–Kier alpha value is -1.30. The number of rotatable bonds is 5. The van der Waals surface area contributed by atoms with Gasteiger partial charge in [-0.3, -0.25) is 0 Å². The van der Waals surface area contributed by atoms with Gasteiger partial charge in [0.2, 0.25) is 0 Å². The third-order valence-corrected chi connectivity index (χ3v) is 3.37. The summed E-state index contributed by atoms with van der Waals surface area (Å²) in [6.07, 6.45) is 1.51. The molecule has 4 N–H and O–H groups in total. The molecule has 0 spiro atoms. The second kappa shape index (κ2) is 5.86. The Morgan fingerprint density at radius 3 is 2.71 bits per heavy atom. The lowest BCUT2D eigenvalue weighted by atomic mass is 10.1. The molecule has 2 aromatic rings. The van der Waals surface area contributed by atoms with Gasteiger partial charge in [0.25, 0.3) is 0 Å². The number of hydrogen-bond acceptors (Lipinski definition) is 5. The van der Waals surface area contributed by atoms with E-state index in [1.807, 2.05) is 18.2 Å². The first-order chi connectivity index (χ1) is 8.29. The van der Waals surface area contributed by atoms with Crippen molar-refractivity contribution in [3.8, 4) is 0 Å². The number of nitrogens with zero attached hydrogens (tertiary/aromatic N) is 2. The van der Waals surface area contributed by atoms with Gasteiger partial charge < -0.3 is 11.5 Å². The Balaban J connectivity index is 2.04. The highest BCUT2D eigenvalue weighted by molar-refractivity contribution is 7.05. The number of aromatic nitrogens is 2. The van der Waals surface area contributed by atoms with E-state index in [0.717, 1.165) is 23.7 Å². The van der Waals surface area contributed by atoms with Gasteiger partial charge >= 0.3 is 0 Å². The third kappa shape index (κ3) is 3.33. The fourth-order valence-corrected chi connectivity index (χ4v) is 2.28. The van der Waals surface area contributed by atoms with Crippen LogP contribution in [0.3, 0.4) is 0 Å². The van der Waals surface area contributed by atoms with Crippen LogP contribution >= 0.6 is 11.5 Å². The zero-order valence-corrected chi connectivity index (χ0v) is 10.4. The standard InChI is InChI=1S/C12H16N4S/c13-7-6-10(14)12-15-11(16-17-12)8-9-4-2-1-3-5-9/h1-5,10H,6-8,13-14H2. The van der Waals surface area contributed by atoms with Crippen LogP contribution in [0.4, 0.5) is 0 Å². The SMILES string of the molecule is NCCC(N)c1nc(Cc2ccccc2)ns1. The predicted octanol–water partition coefficient (Wildman–Crippen LogP) is 1.48. The maximum Gasteiger partial charge on any atom is 0.147 e. The Kier molecular flexibility index (Phi) is 4.19. The van der Waals surface area contributed by atoms with Gasteiger partial charge in [0.1, 0.15) is 10.8 Å². The lowest BCUT2D eigenvalue weighted by Gasteiger charge is -2.03. The molecule has 5 heteroatoms. The second-order valence-electron chi connectivity index (χ2n) is 3.90. The van der Waals surface area contributed by atoms with Crippen molar-refractivity contribution in [1.29, 1.82) is 0 Å². The summed E-state index contributed by atoms with van der Waals surface area (Å²) < 4.78 is 4.32. The predicted molar refractivity (Wildman–Crippen MR) is 69.8 cm³/mol. The van der Waals surface area contributed by atoms with Gasteiger partial charge in [-0.05, 0) is 30.1 Å². The highest BCUT2D eigenvalue weighted by Crippen LogP contribution is 2.17. The van der Waals surface area contributed by atoms with Crippen LogP contribution in [0.1, 0.15) is 28.9 Å². The van der Waals surface area contributed by atoms with Gasteiger partial charge in [0.05, 0.1) is 6.04 Å². The normalized spacial score (nSPS) is 12.6. The van der Waals surface area contributed by atoms with Crippen LogP contribution in [0, 0.1) is 0 Å². The van der Waals surface area contributed by atoms with Crippen molar-refractivity contribution in [3.05, 3.63) is 46.7 Å². The van der Waals surface area contributed by atoms with Crippen molar-refractivity contribution in [1.82, 2.24) is 9.36 Å². The highest BCUT2D eigenvalue weighted by atomic mass is 32.1. The molecule has 0 aliphatic carbocycles. The Morgan fingerprint density at radius 1 is 1.24 bits per heavy atom. The van der Waals surface area contributed by atoms with E-state index in [9.17, 15) is 0 Å². The molecule has 0 radical (unpaired) electrons. The molecule has 0 fully saturated rings. The van der Waals surface area contributed by atoms with Crippen LogP contribution in [-0.4, -0.2) is 15.9 Å². The minimum atomic E-state index is -0.0815. The van der Waals surface area contributed by atoms with E-state index in [1.54, 1.807) is 0 Å². The van der Waals surface area contributed by atoms with E-state index in [4.69, 9.17) is 11.5 Å². The number of nitrogens with two attached hydrogens (primary N) is 2. The molecule has 0 bridgehead atoms. The fraction of sp³-hybridized carbons (Fsp3) is 0.333. The van der Waals surface area contributed by atoms with Gasteiger partial charge in [-0.1, -0.05) is 30.3 Å². The van der Waals surface area contributed by atoms with E-state index < -0.39 is 0 Å². The Morgan fingerprint density at radius 2 is 2.00 bits per heavy atom. The smallest absolute Gasteiger partial charge is 0.147 e. The lowest BCUT2D eigenvalue weighted by molar-refractivity contribution is 0.654. The lowest BCUT2D eigenvalue weighted by Crippen LogP contribution is -2.15. The molecule has 90 valence electrons. The van der Waals surface area contributed by atoms with Crippen molar-refractivity contribution in [2.75, 3.05) is 6.54 Å². The first-order valence-corrected chi connectivity index (χ1v) is 6.39. The first kappa shape index (κ1) is 12.2. The first-order valence-electron chi connectivity index (χ1n) is 5.61. The zero-order valence-electron chi connectivity index (χ0n) is 9.54. The van der Waals surface area contributed by atoms with E-state index >= 15 is 0 Å². The van der Waals surface area contributed by atoms with Crippen LogP contribution in [0.15, 0.2) is 30.3 Å². The minimum absolute atomic E-state index is 0.0815. The average Bonchev–Trinajstić information content (AvgIpc) is 2.79. The molecule has 1 aromatic heterocycles. The summed E-state index contributed by atoms with van der Waals surface area (Å²) >= 11 is 1.38. The molecule has 2 rings (SSSR count). The van der Waals surface area contributed by atoms with Crippen molar-refractivity contribution in [2.24, 2.45) is 11.5 Å². The van der Waals surface area contributed by atoms with Crippen molar-refractivity contribution >= 4 is 11.5 Å². The van der Waals surface area contributed by atoms with Gasteiger partial charge in [-0.2, -0.15) is 4.37 Å². The number of hydrogen-bond donors (Lipinski definition) is 2. The summed E-state index contributed by atoms with van der Waals surface area (Å²) in [5, 5.41) is 0.876. The molecule has 0 saturated carbocycles. The van der Waals surface area contributed by atoms with Gasteiger partial charge in [-0.15, -0.1) is 0 Å². The van der Waals surface area contributed by atoms with E-state index in [-0.39, 0.29) is 6.04 Å². The zero-order chi connectivity index (χ0) is 12.1. The molecular formula is C12H16N4S. The van der Waals surface area contributed by atoms with Gasteiger partial charge in [0, 0.05) is 6.42 Å². The van der Waals surface area contributed by atoms with Gasteiger partial charge in [-0.25, -0.2) is 4.98 Å². The molecule has 1 aromatic carbocycles. The molecule has 0 saturated heterocycles. The van der Waals surface area contributed by atoms with Gasteiger partial charge in [0.15, 0.2) is 0 Å². The molecule has 0 aliphatic heterocycles. The van der Waals surface area contributed by atoms with Crippen molar-refractivity contribution in [3.63, 3.8) is 0 Å². The summed E-state index contributed by atoms with van der Waals surface area (Å²) in [4.78, 5) is 4.45. The third-order valence-electron chi connectivity index (χ3n) is 2.48. The summed E-state index contributed by atoms with van der Waals surface area (Å²) in [6.45, 7) is 0.578. The van der Waals surface area contributed by atoms with Crippen LogP contribution < -0.4 is 11.5 Å².